The van der Waals surface area contributed by atoms with Gasteiger partial charge in [-0.25, -0.2) is 4.98 Å². The van der Waals surface area contributed by atoms with E-state index in [1.165, 1.54) is 11.1 Å². The highest BCUT2D eigenvalue weighted by molar-refractivity contribution is 7.09. The average molecular weight is 303 g/mol. The van der Waals surface area contributed by atoms with Crippen LogP contribution in [0.3, 0.4) is 0 Å². The molecule has 0 aliphatic carbocycles. The van der Waals surface area contributed by atoms with Gasteiger partial charge in [-0.05, 0) is 29.9 Å². The van der Waals surface area contributed by atoms with E-state index in [4.69, 9.17) is 5.84 Å². The molecule has 0 aliphatic rings. The summed E-state index contributed by atoms with van der Waals surface area (Å²) in [6, 6.07) is 9.06. The van der Waals surface area contributed by atoms with Gasteiger partial charge < -0.3 is 0 Å². The maximum atomic E-state index is 5.70. The van der Waals surface area contributed by atoms with Gasteiger partial charge in [0.1, 0.15) is 0 Å². The van der Waals surface area contributed by atoms with E-state index < -0.39 is 0 Å². The van der Waals surface area contributed by atoms with Crippen molar-refractivity contribution in [2.45, 2.75) is 52.0 Å². The van der Waals surface area contributed by atoms with Gasteiger partial charge in [-0.1, -0.05) is 45.0 Å². The number of aryl methyl sites for hydroxylation is 1. The first kappa shape index (κ1) is 16.1. The Kier molecular flexibility index (Phi) is 5.14. The highest BCUT2D eigenvalue weighted by Gasteiger charge is 2.14. The molecular weight excluding hydrogens is 278 g/mol. The second kappa shape index (κ2) is 6.69. The number of aromatic nitrogens is 1. The van der Waals surface area contributed by atoms with E-state index in [1.807, 2.05) is 6.92 Å². The number of nitrogens with zero attached hydrogens (tertiary/aromatic N) is 1. The van der Waals surface area contributed by atoms with Gasteiger partial charge in [-0.15, -0.1) is 11.3 Å². The predicted molar refractivity (Wildman–Crippen MR) is 90.5 cm³/mol. The van der Waals surface area contributed by atoms with Crippen LogP contribution in [0.25, 0.3) is 0 Å². The summed E-state index contributed by atoms with van der Waals surface area (Å²) < 4.78 is 0. The lowest BCUT2D eigenvalue weighted by Crippen LogP contribution is -2.38. The van der Waals surface area contributed by atoms with E-state index in [-0.39, 0.29) is 11.5 Å². The number of benzene rings is 1. The summed E-state index contributed by atoms with van der Waals surface area (Å²) >= 11 is 1.69. The second-order valence-corrected chi connectivity index (χ2v) is 7.64. The van der Waals surface area contributed by atoms with Crippen LogP contribution in [-0.4, -0.2) is 11.0 Å². The Bertz CT molecular complexity index is 566. The van der Waals surface area contributed by atoms with Crippen molar-refractivity contribution < 1.29 is 0 Å². The maximum Gasteiger partial charge on any atom is 0.0897 e. The molecule has 0 bridgehead atoms. The summed E-state index contributed by atoms with van der Waals surface area (Å²) in [5.74, 6) is 5.70. The highest BCUT2D eigenvalue weighted by Crippen LogP contribution is 2.22. The van der Waals surface area contributed by atoms with Crippen LogP contribution in [0.4, 0.5) is 0 Å². The minimum Gasteiger partial charge on any atom is -0.271 e. The largest absolute Gasteiger partial charge is 0.271 e. The number of hydrazine groups is 1. The van der Waals surface area contributed by atoms with Crippen molar-refractivity contribution in [3.63, 3.8) is 0 Å². The lowest BCUT2D eigenvalue weighted by atomic mass is 9.86. The Hall–Kier alpha value is -1.23. The first-order valence-corrected chi connectivity index (χ1v) is 8.23. The molecule has 0 fully saturated rings. The Morgan fingerprint density at radius 2 is 1.86 bits per heavy atom. The summed E-state index contributed by atoms with van der Waals surface area (Å²) in [7, 11) is 0. The fourth-order valence-corrected chi connectivity index (χ4v) is 3.00. The smallest absolute Gasteiger partial charge is 0.0897 e. The van der Waals surface area contributed by atoms with E-state index in [0.29, 0.717) is 0 Å². The number of nitrogens with one attached hydrogen (secondary N) is 1. The monoisotopic (exact) mass is 303 g/mol. The molecule has 1 unspecified atom stereocenters. The van der Waals surface area contributed by atoms with Crippen molar-refractivity contribution in [3.05, 3.63) is 51.5 Å². The molecule has 3 N–H and O–H groups in total. The predicted octanol–water partition coefficient (Wildman–Crippen LogP) is 3.37. The van der Waals surface area contributed by atoms with Crippen LogP contribution >= 0.6 is 11.3 Å². The van der Waals surface area contributed by atoms with Crippen LogP contribution < -0.4 is 11.3 Å². The molecule has 0 amide bonds. The van der Waals surface area contributed by atoms with Crippen molar-refractivity contribution >= 4 is 11.3 Å². The molecule has 2 rings (SSSR count). The number of hydrogen-bond acceptors (Lipinski definition) is 4. The molecule has 3 nitrogen and oxygen atoms in total. The summed E-state index contributed by atoms with van der Waals surface area (Å²) in [4.78, 5) is 4.51. The minimum absolute atomic E-state index is 0.197. The van der Waals surface area contributed by atoms with Gasteiger partial charge in [-0.2, -0.15) is 0 Å². The SMILES string of the molecule is Cc1nc(CC(Cc2ccc(C(C)(C)C)cc2)NN)cs1. The molecule has 0 saturated carbocycles. The van der Waals surface area contributed by atoms with E-state index >= 15 is 0 Å². The number of rotatable bonds is 5. The molecule has 0 spiro atoms. The fraction of sp³-hybridized carbons (Fsp3) is 0.471. The lowest BCUT2D eigenvalue weighted by Gasteiger charge is -2.20. The Morgan fingerprint density at radius 3 is 2.33 bits per heavy atom. The molecule has 1 aromatic carbocycles. The van der Waals surface area contributed by atoms with Crippen LogP contribution in [-0.2, 0) is 18.3 Å². The van der Waals surface area contributed by atoms with E-state index in [0.717, 1.165) is 23.5 Å². The maximum absolute atomic E-state index is 5.70. The molecule has 0 aliphatic heterocycles. The standard InChI is InChI=1S/C17H25N3S/c1-12-19-16(11-21-12)10-15(20-18)9-13-5-7-14(8-6-13)17(2,3)4/h5-8,11,15,20H,9-10,18H2,1-4H3. The molecule has 1 aromatic heterocycles. The quantitative estimate of drug-likeness (QED) is 0.658. The van der Waals surface area contributed by atoms with Crippen LogP contribution in [0, 0.1) is 6.92 Å². The van der Waals surface area contributed by atoms with Crippen molar-refractivity contribution in [1.29, 1.82) is 0 Å². The highest BCUT2D eigenvalue weighted by atomic mass is 32.1. The first-order valence-electron chi connectivity index (χ1n) is 7.35. The van der Waals surface area contributed by atoms with E-state index in [2.05, 4.69) is 60.8 Å². The Balaban J connectivity index is 2.01. The zero-order valence-electron chi connectivity index (χ0n) is 13.3. The van der Waals surface area contributed by atoms with Crippen LogP contribution in [0.5, 0.6) is 0 Å². The Labute approximate surface area is 131 Å². The van der Waals surface area contributed by atoms with E-state index in [9.17, 15) is 0 Å². The van der Waals surface area contributed by atoms with Crippen molar-refractivity contribution in [2.24, 2.45) is 5.84 Å². The normalized spacial score (nSPS) is 13.4. The Morgan fingerprint density at radius 1 is 1.19 bits per heavy atom. The third kappa shape index (κ3) is 4.63. The van der Waals surface area contributed by atoms with Gasteiger partial charge in [0.05, 0.1) is 10.7 Å². The number of thiazole rings is 1. The molecule has 2 aromatic rings. The van der Waals surface area contributed by atoms with Crippen molar-refractivity contribution in [3.8, 4) is 0 Å². The molecule has 4 heteroatoms. The molecular formula is C17H25N3S. The summed E-state index contributed by atoms with van der Waals surface area (Å²) in [6.07, 6.45) is 1.78. The zero-order valence-corrected chi connectivity index (χ0v) is 14.1. The molecule has 1 atom stereocenters. The molecule has 0 saturated heterocycles. The topological polar surface area (TPSA) is 50.9 Å². The first-order chi connectivity index (χ1) is 9.88. The summed E-state index contributed by atoms with van der Waals surface area (Å²) in [6.45, 7) is 8.73. The number of nitrogens with two attached hydrogens (primary N) is 1. The second-order valence-electron chi connectivity index (χ2n) is 6.58. The molecule has 1 heterocycles. The third-order valence-electron chi connectivity index (χ3n) is 3.66. The third-order valence-corrected chi connectivity index (χ3v) is 4.48. The van der Waals surface area contributed by atoms with Crippen LogP contribution in [0.2, 0.25) is 0 Å². The van der Waals surface area contributed by atoms with Gasteiger partial charge in [-0.3, -0.25) is 11.3 Å². The van der Waals surface area contributed by atoms with Gasteiger partial charge in [0.2, 0.25) is 0 Å². The summed E-state index contributed by atoms with van der Waals surface area (Å²) in [5.41, 5.74) is 6.90. The number of hydrogen-bond donors (Lipinski definition) is 2. The van der Waals surface area contributed by atoms with E-state index in [1.54, 1.807) is 11.3 Å². The molecule has 114 valence electrons. The lowest BCUT2D eigenvalue weighted by molar-refractivity contribution is 0.518. The average Bonchev–Trinajstić information content (AvgIpc) is 2.83. The minimum atomic E-state index is 0.197. The van der Waals surface area contributed by atoms with Gasteiger partial charge in [0.15, 0.2) is 0 Å². The zero-order chi connectivity index (χ0) is 15.5. The van der Waals surface area contributed by atoms with Gasteiger partial charge in [0.25, 0.3) is 0 Å². The van der Waals surface area contributed by atoms with Crippen LogP contribution in [0.15, 0.2) is 29.6 Å². The molecule has 0 radical (unpaired) electrons. The van der Waals surface area contributed by atoms with Crippen molar-refractivity contribution in [2.75, 3.05) is 0 Å². The van der Waals surface area contributed by atoms with Crippen LogP contribution in [0.1, 0.15) is 42.6 Å². The van der Waals surface area contributed by atoms with Gasteiger partial charge in [0, 0.05) is 17.8 Å². The molecule has 21 heavy (non-hydrogen) atoms. The summed E-state index contributed by atoms with van der Waals surface area (Å²) in [5, 5.41) is 3.22. The van der Waals surface area contributed by atoms with Gasteiger partial charge >= 0.3 is 0 Å². The fourth-order valence-electron chi connectivity index (χ4n) is 2.37. The van der Waals surface area contributed by atoms with Crippen molar-refractivity contribution in [1.82, 2.24) is 10.4 Å².